The maximum Gasteiger partial charge on any atom is 0.179 e. The molecule has 0 aromatic carbocycles. The number of imidazole rings is 1. The van der Waals surface area contributed by atoms with Crippen molar-refractivity contribution in [2.45, 2.75) is 47.1 Å². The molecular formula is C16H24BrN5. The van der Waals surface area contributed by atoms with Gasteiger partial charge in [-0.25, -0.2) is 15.0 Å². The quantitative estimate of drug-likeness (QED) is 0.640. The van der Waals surface area contributed by atoms with Gasteiger partial charge in [0.15, 0.2) is 21.7 Å². The molecule has 0 saturated heterocycles. The molecule has 22 heavy (non-hydrogen) atoms. The molecule has 2 rings (SSSR count). The third kappa shape index (κ3) is 4.20. The number of hydrogen-bond acceptors (Lipinski definition) is 4. The summed E-state index contributed by atoms with van der Waals surface area (Å²) in [5.41, 5.74) is 1.67. The zero-order valence-electron chi connectivity index (χ0n) is 13.9. The highest BCUT2D eigenvalue weighted by molar-refractivity contribution is 9.10. The van der Waals surface area contributed by atoms with E-state index in [0.29, 0.717) is 0 Å². The SMILES string of the molecule is C#CCCC(C)(C)Cn1c(Br)nc2c(NC)ncnc21.CC. The lowest BCUT2D eigenvalue weighted by Gasteiger charge is -2.24. The molecule has 2 aromatic heterocycles. The maximum atomic E-state index is 5.36. The summed E-state index contributed by atoms with van der Waals surface area (Å²) in [4.78, 5) is 13.0. The number of nitrogens with one attached hydrogen (secondary N) is 1. The second-order valence-corrected chi connectivity index (χ2v) is 6.19. The van der Waals surface area contributed by atoms with E-state index < -0.39 is 0 Å². The Kier molecular flexibility index (Phi) is 6.82. The Bertz CT molecular complexity index is 654. The fraction of sp³-hybridized carbons (Fsp3) is 0.562. The first kappa shape index (κ1) is 18.4. The average Bonchev–Trinajstić information content (AvgIpc) is 2.83. The summed E-state index contributed by atoms with van der Waals surface area (Å²) in [7, 11) is 1.82. The normalized spacial score (nSPS) is 10.8. The van der Waals surface area contributed by atoms with Crippen molar-refractivity contribution in [2.24, 2.45) is 5.41 Å². The van der Waals surface area contributed by atoms with Gasteiger partial charge in [-0.05, 0) is 27.8 Å². The first-order valence-electron chi connectivity index (χ1n) is 7.46. The second kappa shape index (κ2) is 8.14. The summed E-state index contributed by atoms with van der Waals surface area (Å²) in [5, 5.41) is 3.03. The number of rotatable bonds is 5. The van der Waals surface area contributed by atoms with E-state index in [-0.39, 0.29) is 5.41 Å². The molecule has 5 nitrogen and oxygen atoms in total. The van der Waals surface area contributed by atoms with Crippen LogP contribution in [-0.4, -0.2) is 26.6 Å². The van der Waals surface area contributed by atoms with Crippen molar-refractivity contribution < 1.29 is 0 Å². The molecule has 0 aliphatic heterocycles. The van der Waals surface area contributed by atoms with Crippen molar-refractivity contribution in [1.82, 2.24) is 19.5 Å². The summed E-state index contributed by atoms with van der Waals surface area (Å²) in [6, 6.07) is 0. The molecule has 0 aliphatic rings. The van der Waals surface area contributed by atoms with Crippen LogP contribution in [0.25, 0.3) is 11.2 Å². The summed E-state index contributed by atoms with van der Waals surface area (Å²) in [6.45, 7) is 9.19. The van der Waals surface area contributed by atoms with Crippen LogP contribution < -0.4 is 5.32 Å². The summed E-state index contributed by atoms with van der Waals surface area (Å²) >= 11 is 3.51. The van der Waals surface area contributed by atoms with Gasteiger partial charge in [-0.3, -0.25) is 0 Å². The number of terminal acetylenes is 1. The molecule has 0 atom stereocenters. The highest BCUT2D eigenvalue weighted by Crippen LogP contribution is 2.30. The molecule has 0 radical (unpaired) electrons. The van der Waals surface area contributed by atoms with Crippen LogP contribution in [0.2, 0.25) is 0 Å². The fourth-order valence-electron chi connectivity index (χ4n) is 2.15. The van der Waals surface area contributed by atoms with Crippen LogP contribution in [0, 0.1) is 17.8 Å². The van der Waals surface area contributed by atoms with Gasteiger partial charge in [0, 0.05) is 20.0 Å². The van der Waals surface area contributed by atoms with Crippen LogP contribution in [0.15, 0.2) is 11.1 Å². The lowest BCUT2D eigenvalue weighted by molar-refractivity contribution is 0.286. The van der Waals surface area contributed by atoms with Crippen LogP contribution in [-0.2, 0) is 6.54 Å². The van der Waals surface area contributed by atoms with E-state index in [0.717, 1.165) is 41.1 Å². The van der Waals surface area contributed by atoms with E-state index in [1.165, 1.54) is 0 Å². The molecule has 0 saturated carbocycles. The summed E-state index contributed by atoms with van der Waals surface area (Å²) in [5.74, 6) is 3.43. The molecule has 1 N–H and O–H groups in total. The number of fused-ring (bicyclic) bond motifs is 1. The minimum absolute atomic E-state index is 0.0767. The Morgan fingerprint density at radius 2 is 2.05 bits per heavy atom. The van der Waals surface area contributed by atoms with Gasteiger partial charge >= 0.3 is 0 Å². The van der Waals surface area contributed by atoms with E-state index in [1.54, 1.807) is 6.33 Å². The molecule has 0 bridgehead atoms. The van der Waals surface area contributed by atoms with Crippen LogP contribution in [0.1, 0.15) is 40.5 Å². The molecule has 0 amide bonds. The van der Waals surface area contributed by atoms with E-state index in [9.17, 15) is 0 Å². The Hall–Kier alpha value is -1.61. The van der Waals surface area contributed by atoms with Crippen molar-refractivity contribution in [3.05, 3.63) is 11.1 Å². The number of halogens is 1. The Morgan fingerprint density at radius 1 is 1.36 bits per heavy atom. The molecule has 0 spiro atoms. The number of hydrogen-bond donors (Lipinski definition) is 1. The van der Waals surface area contributed by atoms with Crippen LogP contribution in [0.3, 0.4) is 0 Å². The van der Waals surface area contributed by atoms with Crippen molar-refractivity contribution in [2.75, 3.05) is 12.4 Å². The third-order valence-electron chi connectivity index (χ3n) is 3.25. The Balaban J connectivity index is 0.00000116. The first-order chi connectivity index (χ1) is 10.5. The van der Waals surface area contributed by atoms with Gasteiger partial charge < -0.3 is 9.88 Å². The van der Waals surface area contributed by atoms with Gasteiger partial charge in [-0.15, -0.1) is 12.3 Å². The minimum atomic E-state index is 0.0767. The van der Waals surface area contributed by atoms with Crippen molar-refractivity contribution in [3.63, 3.8) is 0 Å². The van der Waals surface area contributed by atoms with Gasteiger partial charge in [-0.2, -0.15) is 0 Å². The van der Waals surface area contributed by atoms with E-state index in [2.05, 4.69) is 60.5 Å². The van der Waals surface area contributed by atoms with Crippen LogP contribution in [0.4, 0.5) is 5.82 Å². The molecule has 6 heteroatoms. The topological polar surface area (TPSA) is 55.6 Å². The lowest BCUT2D eigenvalue weighted by Crippen LogP contribution is -2.20. The van der Waals surface area contributed by atoms with Gasteiger partial charge in [0.05, 0.1) is 0 Å². The highest BCUT2D eigenvalue weighted by Gasteiger charge is 2.22. The molecule has 2 aromatic rings. The first-order valence-corrected chi connectivity index (χ1v) is 8.26. The van der Waals surface area contributed by atoms with Gasteiger partial charge in [0.2, 0.25) is 0 Å². The summed E-state index contributed by atoms with van der Waals surface area (Å²) in [6.07, 6.45) is 8.64. The van der Waals surface area contributed by atoms with Gasteiger partial charge in [-0.1, -0.05) is 27.7 Å². The molecule has 2 heterocycles. The van der Waals surface area contributed by atoms with E-state index in [1.807, 2.05) is 20.9 Å². The largest absolute Gasteiger partial charge is 0.371 e. The van der Waals surface area contributed by atoms with Gasteiger partial charge in [0.1, 0.15) is 6.33 Å². The van der Waals surface area contributed by atoms with E-state index >= 15 is 0 Å². The number of anilines is 1. The van der Waals surface area contributed by atoms with Crippen molar-refractivity contribution >= 4 is 32.9 Å². The molecular weight excluding hydrogens is 342 g/mol. The van der Waals surface area contributed by atoms with Crippen molar-refractivity contribution in [1.29, 1.82) is 0 Å². The highest BCUT2D eigenvalue weighted by atomic mass is 79.9. The minimum Gasteiger partial charge on any atom is -0.371 e. The number of aromatic nitrogens is 4. The monoisotopic (exact) mass is 365 g/mol. The van der Waals surface area contributed by atoms with Crippen molar-refractivity contribution in [3.8, 4) is 12.3 Å². The van der Waals surface area contributed by atoms with Crippen LogP contribution in [0.5, 0.6) is 0 Å². The predicted molar refractivity (Wildman–Crippen MR) is 95.8 cm³/mol. The average molecular weight is 366 g/mol. The zero-order chi connectivity index (χ0) is 16.8. The smallest absolute Gasteiger partial charge is 0.179 e. The predicted octanol–water partition coefficient (Wildman–Crippen LogP) is 4.10. The Labute approximate surface area is 141 Å². The maximum absolute atomic E-state index is 5.36. The zero-order valence-corrected chi connectivity index (χ0v) is 15.5. The standard InChI is InChI=1S/C14H18BrN5.C2H6/c1-5-6-7-14(2,3)8-20-12-10(19-13(20)15)11(16-4)17-9-18-12;1-2/h1,9H,6-8H2,2-4H3,(H,16,17,18);1-2H3. The lowest BCUT2D eigenvalue weighted by atomic mass is 9.88. The molecule has 0 fully saturated rings. The van der Waals surface area contributed by atoms with Gasteiger partial charge in [0.25, 0.3) is 0 Å². The fourth-order valence-corrected chi connectivity index (χ4v) is 2.62. The molecule has 0 aliphatic carbocycles. The van der Waals surface area contributed by atoms with E-state index in [4.69, 9.17) is 6.42 Å². The Morgan fingerprint density at radius 3 is 2.64 bits per heavy atom. The number of nitrogens with zero attached hydrogens (tertiary/aromatic N) is 4. The molecule has 0 unspecified atom stereocenters. The molecule has 120 valence electrons. The third-order valence-corrected chi connectivity index (χ3v) is 3.86. The summed E-state index contributed by atoms with van der Waals surface area (Å²) < 4.78 is 2.83. The second-order valence-electron chi connectivity index (χ2n) is 5.48. The van der Waals surface area contributed by atoms with Crippen LogP contribution >= 0.6 is 15.9 Å².